The van der Waals surface area contributed by atoms with Crippen LogP contribution in [0.5, 0.6) is 0 Å². The molecule has 1 aliphatic rings. The van der Waals surface area contributed by atoms with Crippen LogP contribution in [0, 0.1) is 10.1 Å². The van der Waals surface area contributed by atoms with Gasteiger partial charge < -0.3 is 10.6 Å². The van der Waals surface area contributed by atoms with Crippen LogP contribution in [0.3, 0.4) is 0 Å². The third-order valence-corrected chi connectivity index (χ3v) is 3.75. The first-order valence-electron chi connectivity index (χ1n) is 7.03. The molecule has 0 spiro atoms. The SMILES string of the molecule is Cl.O=[N+]([O-])c1ccccc1CNCc1cccc2c1NCC2. The molecule has 6 heteroatoms. The van der Waals surface area contributed by atoms with E-state index < -0.39 is 0 Å². The molecule has 0 aliphatic carbocycles. The first kappa shape index (κ1) is 16.3. The maximum absolute atomic E-state index is 11.0. The second-order valence-corrected chi connectivity index (χ2v) is 5.12. The molecule has 116 valence electrons. The van der Waals surface area contributed by atoms with Crippen molar-refractivity contribution in [3.05, 3.63) is 69.3 Å². The summed E-state index contributed by atoms with van der Waals surface area (Å²) in [4.78, 5) is 10.6. The van der Waals surface area contributed by atoms with Gasteiger partial charge in [-0.05, 0) is 17.5 Å². The quantitative estimate of drug-likeness (QED) is 0.655. The molecule has 1 aliphatic heterocycles. The number of anilines is 1. The molecule has 22 heavy (non-hydrogen) atoms. The van der Waals surface area contributed by atoms with Gasteiger partial charge in [0.05, 0.1) is 4.92 Å². The number of nitrogens with one attached hydrogen (secondary N) is 2. The van der Waals surface area contributed by atoms with Gasteiger partial charge in [-0.1, -0.05) is 36.4 Å². The van der Waals surface area contributed by atoms with Gasteiger partial charge in [-0.15, -0.1) is 12.4 Å². The predicted molar refractivity (Wildman–Crippen MR) is 89.5 cm³/mol. The fourth-order valence-corrected chi connectivity index (χ4v) is 2.73. The van der Waals surface area contributed by atoms with Crippen molar-refractivity contribution >= 4 is 23.8 Å². The Morgan fingerprint density at radius 1 is 1.09 bits per heavy atom. The maximum atomic E-state index is 11.0. The molecule has 0 bridgehead atoms. The zero-order valence-corrected chi connectivity index (χ0v) is 12.9. The average molecular weight is 320 g/mol. The molecule has 0 radical (unpaired) electrons. The lowest BCUT2D eigenvalue weighted by molar-refractivity contribution is -0.385. The van der Waals surface area contributed by atoms with Gasteiger partial charge in [-0.2, -0.15) is 0 Å². The second-order valence-electron chi connectivity index (χ2n) is 5.12. The maximum Gasteiger partial charge on any atom is 0.273 e. The minimum absolute atomic E-state index is 0. The van der Waals surface area contributed by atoms with E-state index in [4.69, 9.17) is 0 Å². The Labute approximate surface area is 135 Å². The number of rotatable bonds is 5. The Kier molecular flexibility index (Phi) is 5.35. The summed E-state index contributed by atoms with van der Waals surface area (Å²) in [7, 11) is 0. The number of nitro groups is 1. The van der Waals surface area contributed by atoms with Crippen molar-refractivity contribution < 1.29 is 4.92 Å². The molecule has 0 aromatic heterocycles. The topological polar surface area (TPSA) is 67.2 Å². The zero-order chi connectivity index (χ0) is 14.7. The highest BCUT2D eigenvalue weighted by Crippen LogP contribution is 2.26. The number of para-hydroxylation sites is 2. The summed E-state index contributed by atoms with van der Waals surface area (Å²) < 4.78 is 0. The van der Waals surface area contributed by atoms with E-state index in [1.54, 1.807) is 18.2 Å². The van der Waals surface area contributed by atoms with E-state index in [2.05, 4.69) is 28.8 Å². The van der Waals surface area contributed by atoms with Gasteiger partial charge in [0.25, 0.3) is 5.69 Å². The van der Waals surface area contributed by atoms with Crippen LogP contribution in [0.15, 0.2) is 42.5 Å². The summed E-state index contributed by atoms with van der Waals surface area (Å²) in [5.74, 6) is 0. The second kappa shape index (κ2) is 7.24. The van der Waals surface area contributed by atoms with Gasteiger partial charge in [0.2, 0.25) is 0 Å². The van der Waals surface area contributed by atoms with E-state index in [9.17, 15) is 10.1 Å². The third-order valence-electron chi connectivity index (χ3n) is 3.75. The Bertz CT molecular complexity index is 676. The molecule has 0 saturated carbocycles. The van der Waals surface area contributed by atoms with E-state index in [1.165, 1.54) is 16.8 Å². The Morgan fingerprint density at radius 3 is 2.64 bits per heavy atom. The molecule has 2 aromatic rings. The average Bonchev–Trinajstić information content (AvgIpc) is 2.97. The molecule has 2 aromatic carbocycles. The van der Waals surface area contributed by atoms with Crippen molar-refractivity contribution in [2.45, 2.75) is 19.5 Å². The Balaban J connectivity index is 0.00000176. The monoisotopic (exact) mass is 319 g/mol. The van der Waals surface area contributed by atoms with Gasteiger partial charge in [-0.3, -0.25) is 10.1 Å². The van der Waals surface area contributed by atoms with Crippen molar-refractivity contribution in [3.8, 4) is 0 Å². The lowest BCUT2D eigenvalue weighted by Gasteiger charge is -2.10. The smallest absolute Gasteiger partial charge is 0.273 e. The van der Waals surface area contributed by atoms with Crippen molar-refractivity contribution in [1.29, 1.82) is 0 Å². The highest BCUT2D eigenvalue weighted by atomic mass is 35.5. The number of hydrogen-bond donors (Lipinski definition) is 2. The third kappa shape index (κ3) is 3.37. The standard InChI is InChI=1S/C16H17N3O2.ClH/c20-19(21)15-7-2-1-4-13(15)10-17-11-14-6-3-5-12-8-9-18-16(12)14;/h1-7,17-18H,8-11H2;1H. The number of nitro benzene ring substituents is 1. The molecule has 3 rings (SSSR count). The lowest BCUT2D eigenvalue weighted by Crippen LogP contribution is -2.14. The summed E-state index contributed by atoms with van der Waals surface area (Å²) in [5.41, 5.74) is 4.65. The predicted octanol–water partition coefficient (Wildman–Crippen LogP) is 3.27. The highest BCUT2D eigenvalue weighted by Gasteiger charge is 2.14. The molecule has 5 nitrogen and oxygen atoms in total. The number of hydrogen-bond acceptors (Lipinski definition) is 4. The summed E-state index contributed by atoms with van der Waals surface area (Å²) >= 11 is 0. The summed E-state index contributed by atoms with van der Waals surface area (Å²) in [5, 5.41) is 17.7. The van der Waals surface area contributed by atoms with Crippen LogP contribution >= 0.6 is 12.4 Å². The van der Waals surface area contributed by atoms with Gasteiger partial charge in [-0.25, -0.2) is 0 Å². The summed E-state index contributed by atoms with van der Waals surface area (Å²) in [6.07, 6.45) is 1.06. The van der Waals surface area contributed by atoms with E-state index >= 15 is 0 Å². The molecule has 0 unspecified atom stereocenters. The first-order chi connectivity index (χ1) is 10.3. The molecule has 0 amide bonds. The largest absolute Gasteiger partial charge is 0.384 e. The van der Waals surface area contributed by atoms with Crippen LogP contribution in [0.1, 0.15) is 16.7 Å². The summed E-state index contributed by atoms with van der Waals surface area (Å²) in [6, 6.07) is 13.1. The normalized spacial score (nSPS) is 12.2. The van der Waals surface area contributed by atoms with Gasteiger partial charge >= 0.3 is 0 Å². The Hall–Kier alpha value is -2.11. The van der Waals surface area contributed by atoms with E-state index in [1.807, 2.05) is 6.07 Å². The van der Waals surface area contributed by atoms with Gasteiger partial charge in [0.15, 0.2) is 0 Å². The van der Waals surface area contributed by atoms with E-state index in [-0.39, 0.29) is 23.0 Å². The van der Waals surface area contributed by atoms with E-state index in [0.29, 0.717) is 18.7 Å². The van der Waals surface area contributed by atoms with Crippen LogP contribution in [0.4, 0.5) is 11.4 Å². The number of benzene rings is 2. The van der Waals surface area contributed by atoms with Crippen molar-refractivity contribution in [2.24, 2.45) is 0 Å². The van der Waals surface area contributed by atoms with Crippen molar-refractivity contribution in [2.75, 3.05) is 11.9 Å². The molecule has 0 saturated heterocycles. The first-order valence-corrected chi connectivity index (χ1v) is 7.03. The van der Waals surface area contributed by atoms with Crippen LogP contribution in [-0.2, 0) is 19.5 Å². The van der Waals surface area contributed by atoms with E-state index in [0.717, 1.165) is 13.0 Å². The van der Waals surface area contributed by atoms with Gasteiger partial charge in [0.1, 0.15) is 0 Å². The van der Waals surface area contributed by atoms with Crippen LogP contribution < -0.4 is 10.6 Å². The minimum Gasteiger partial charge on any atom is -0.384 e. The fraction of sp³-hybridized carbons (Fsp3) is 0.250. The van der Waals surface area contributed by atoms with Crippen molar-refractivity contribution in [3.63, 3.8) is 0 Å². The summed E-state index contributed by atoms with van der Waals surface area (Å²) in [6.45, 7) is 2.17. The number of fused-ring (bicyclic) bond motifs is 1. The molecule has 0 fully saturated rings. The number of nitrogens with zero attached hydrogens (tertiary/aromatic N) is 1. The molecule has 2 N–H and O–H groups in total. The molecular formula is C16H18ClN3O2. The molecule has 0 atom stereocenters. The van der Waals surface area contributed by atoms with Gasteiger partial charge in [0, 0.05) is 37.0 Å². The van der Waals surface area contributed by atoms with Crippen molar-refractivity contribution in [1.82, 2.24) is 5.32 Å². The van der Waals surface area contributed by atoms with Crippen LogP contribution in [-0.4, -0.2) is 11.5 Å². The fourth-order valence-electron chi connectivity index (χ4n) is 2.73. The lowest BCUT2D eigenvalue weighted by atomic mass is 10.1. The molecule has 1 heterocycles. The minimum atomic E-state index is -0.335. The highest BCUT2D eigenvalue weighted by molar-refractivity contribution is 5.85. The van der Waals surface area contributed by atoms with Crippen LogP contribution in [0.25, 0.3) is 0 Å². The molecular weight excluding hydrogens is 302 g/mol. The Morgan fingerprint density at radius 2 is 1.82 bits per heavy atom. The zero-order valence-electron chi connectivity index (χ0n) is 12.0. The number of halogens is 1. The van der Waals surface area contributed by atoms with Crippen LogP contribution in [0.2, 0.25) is 0 Å².